The second kappa shape index (κ2) is 8.87. The molecule has 0 atom stereocenters. The van der Waals surface area contributed by atoms with Crippen LogP contribution in [-0.2, 0) is 0 Å². The van der Waals surface area contributed by atoms with Gasteiger partial charge in [-0.05, 0) is 36.4 Å². The van der Waals surface area contributed by atoms with Gasteiger partial charge in [0, 0.05) is 13.1 Å². The molecular formula is C17H21NO3. The number of methoxy groups -OCH3 is 1. The van der Waals surface area contributed by atoms with Crippen molar-refractivity contribution in [2.24, 2.45) is 0 Å². The third-order valence-corrected chi connectivity index (χ3v) is 2.90. The van der Waals surface area contributed by atoms with Gasteiger partial charge in [-0.2, -0.15) is 0 Å². The number of hydrogen-bond acceptors (Lipinski definition) is 4. The van der Waals surface area contributed by atoms with Gasteiger partial charge in [-0.3, -0.25) is 0 Å². The van der Waals surface area contributed by atoms with E-state index in [1.54, 1.807) is 7.11 Å². The van der Waals surface area contributed by atoms with Gasteiger partial charge in [0.1, 0.15) is 30.5 Å². The molecule has 21 heavy (non-hydrogen) atoms. The van der Waals surface area contributed by atoms with Crippen LogP contribution in [0.4, 0.5) is 0 Å². The fraction of sp³-hybridized carbons (Fsp3) is 0.294. The van der Waals surface area contributed by atoms with Crippen LogP contribution < -0.4 is 19.5 Å². The molecule has 0 spiro atoms. The summed E-state index contributed by atoms with van der Waals surface area (Å²) in [4.78, 5) is 0. The van der Waals surface area contributed by atoms with E-state index in [2.05, 4.69) is 5.32 Å². The van der Waals surface area contributed by atoms with Crippen LogP contribution >= 0.6 is 0 Å². The van der Waals surface area contributed by atoms with E-state index in [0.717, 1.165) is 30.3 Å². The van der Waals surface area contributed by atoms with Crippen molar-refractivity contribution in [3.63, 3.8) is 0 Å². The van der Waals surface area contributed by atoms with E-state index < -0.39 is 0 Å². The molecule has 0 saturated carbocycles. The summed E-state index contributed by atoms with van der Waals surface area (Å²) < 4.78 is 16.3. The largest absolute Gasteiger partial charge is 0.497 e. The second-order valence-electron chi connectivity index (χ2n) is 4.44. The normalized spacial score (nSPS) is 10.1. The van der Waals surface area contributed by atoms with Gasteiger partial charge in [0.15, 0.2) is 0 Å². The summed E-state index contributed by atoms with van der Waals surface area (Å²) in [6, 6.07) is 17.4. The molecule has 0 unspecified atom stereocenters. The molecular weight excluding hydrogens is 266 g/mol. The van der Waals surface area contributed by atoms with E-state index in [9.17, 15) is 0 Å². The molecule has 0 amide bonds. The predicted molar refractivity (Wildman–Crippen MR) is 83.3 cm³/mol. The van der Waals surface area contributed by atoms with Gasteiger partial charge in [-0.1, -0.05) is 18.2 Å². The maximum atomic E-state index is 5.61. The molecule has 112 valence electrons. The Balaban J connectivity index is 1.51. The van der Waals surface area contributed by atoms with Crippen LogP contribution in [0.2, 0.25) is 0 Å². The van der Waals surface area contributed by atoms with Crippen LogP contribution in [0.3, 0.4) is 0 Å². The number of benzene rings is 2. The predicted octanol–water partition coefficient (Wildman–Crippen LogP) is 2.74. The summed E-state index contributed by atoms with van der Waals surface area (Å²) in [6.07, 6.45) is 0. The van der Waals surface area contributed by atoms with E-state index in [4.69, 9.17) is 14.2 Å². The first-order valence-electron chi connectivity index (χ1n) is 7.04. The standard InChI is InChI=1S/C17H21NO3/c1-19-15-7-9-17(10-8-15)21-14-12-18-11-13-20-16-5-3-2-4-6-16/h2-10,18H,11-14H2,1H3. The molecule has 1 N–H and O–H groups in total. The van der Waals surface area contributed by atoms with Gasteiger partial charge < -0.3 is 19.5 Å². The smallest absolute Gasteiger partial charge is 0.119 e. The number of ether oxygens (including phenoxy) is 3. The minimum absolute atomic E-state index is 0.623. The molecule has 2 aromatic carbocycles. The SMILES string of the molecule is COc1ccc(OCCNCCOc2ccccc2)cc1. The number of nitrogens with one attached hydrogen (secondary N) is 1. The van der Waals surface area contributed by atoms with Crippen molar-refractivity contribution in [2.45, 2.75) is 0 Å². The molecule has 0 heterocycles. The van der Waals surface area contributed by atoms with Crippen molar-refractivity contribution in [1.82, 2.24) is 5.32 Å². The lowest BCUT2D eigenvalue weighted by Gasteiger charge is -2.09. The zero-order valence-electron chi connectivity index (χ0n) is 12.2. The number of para-hydroxylation sites is 1. The molecule has 0 saturated heterocycles. The quantitative estimate of drug-likeness (QED) is 0.720. The van der Waals surface area contributed by atoms with Crippen molar-refractivity contribution in [1.29, 1.82) is 0 Å². The second-order valence-corrected chi connectivity index (χ2v) is 4.44. The maximum Gasteiger partial charge on any atom is 0.119 e. The summed E-state index contributed by atoms with van der Waals surface area (Å²) in [7, 11) is 1.65. The highest BCUT2D eigenvalue weighted by molar-refractivity contribution is 5.31. The topological polar surface area (TPSA) is 39.7 Å². The van der Waals surface area contributed by atoms with Gasteiger partial charge in [0.05, 0.1) is 7.11 Å². The Morgan fingerprint density at radius 3 is 1.81 bits per heavy atom. The van der Waals surface area contributed by atoms with E-state index in [0.29, 0.717) is 13.2 Å². The van der Waals surface area contributed by atoms with E-state index in [-0.39, 0.29) is 0 Å². The zero-order chi connectivity index (χ0) is 14.8. The molecule has 0 aliphatic heterocycles. The van der Waals surface area contributed by atoms with Crippen molar-refractivity contribution >= 4 is 0 Å². The Hall–Kier alpha value is -2.20. The van der Waals surface area contributed by atoms with Crippen molar-refractivity contribution in [3.05, 3.63) is 54.6 Å². The first kappa shape index (κ1) is 15.2. The first-order valence-corrected chi connectivity index (χ1v) is 7.04. The average Bonchev–Trinajstić information content (AvgIpc) is 2.55. The molecule has 4 heteroatoms. The van der Waals surface area contributed by atoms with Crippen LogP contribution in [0.1, 0.15) is 0 Å². The molecule has 0 aliphatic carbocycles. The molecule has 2 aromatic rings. The highest BCUT2D eigenvalue weighted by Gasteiger charge is 1.95. The molecule has 0 aromatic heterocycles. The fourth-order valence-corrected chi connectivity index (χ4v) is 1.80. The van der Waals surface area contributed by atoms with Crippen LogP contribution in [0, 0.1) is 0 Å². The Morgan fingerprint density at radius 2 is 1.24 bits per heavy atom. The summed E-state index contributed by atoms with van der Waals surface area (Å²) in [5, 5.41) is 3.27. The minimum Gasteiger partial charge on any atom is -0.497 e. The first-order chi connectivity index (χ1) is 10.4. The van der Waals surface area contributed by atoms with Gasteiger partial charge >= 0.3 is 0 Å². The lowest BCUT2D eigenvalue weighted by Crippen LogP contribution is -2.25. The molecule has 4 nitrogen and oxygen atoms in total. The number of rotatable bonds is 9. The van der Waals surface area contributed by atoms with Crippen molar-refractivity contribution < 1.29 is 14.2 Å². The van der Waals surface area contributed by atoms with Gasteiger partial charge in [0.2, 0.25) is 0 Å². The van der Waals surface area contributed by atoms with Crippen molar-refractivity contribution in [3.8, 4) is 17.2 Å². The highest BCUT2D eigenvalue weighted by atomic mass is 16.5. The van der Waals surface area contributed by atoms with Crippen LogP contribution in [0.25, 0.3) is 0 Å². The zero-order valence-corrected chi connectivity index (χ0v) is 12.2. The minimum atomic E-state index is 0.623. The van der Waals surface area contributed by atoms with Gasteiger partial charge in [-0.25, -0.2) is 0 Å². The summed E-state index contributed by atoms with van der Waals surface area (Å²) in [5.41, 5.74) is 0. The maximum absolute atomic E-state index is 5.61. The van der Waals surface area contributed by atoms with E-state index >= 15 is 0 Å². The monoisotopic (exact) mass is 287 g/mol. The fourth-order valence-electron chi connectivity index (χ4n) is 1.80. The Kier molecular flexibility index (Phi) is 6.42. The van der Waals surface area contributed by atoms with E-state index in [1.807, 2.05) is 54.6 Å². The molecule has 0 bridgehead atoms. The van der Waals surface area contributed by atoms with Gasteiger partial charge in [-0.15, -0.1) is 0 Å². The highest BCUT2D eigenvalue weighted by Crippen LogP contribution is 2.16. The third kappa shape index (κ3) is 5.75. The van der Waals surface area contributed by atoms with Gasteiger partial charge in [0.25, 0.3) is 0 Å². The Labute approximate surface area is 125 Å². The van der Waals surface area contributed by atoms with Crippen LogP contribution in [0.5, 0.6) is 17.2 Å². The summed E-state index contributed by atoms with van der Waals surface area (Å²) in [5.74, 6) is 2.57. The summed E-state index contributed by atoms with van der Waals surface area (Å²) >= 11 is 0. The number of hydrogen-bond donors (Lipinski definition) is 1. The molecule has 2 rings (SSSR count). The lowest BCUT2D eigenvalue weighted by molar-refractivity contribution is 0.288. The van der Waals surface area contributed by atoms with Crippen LogP contribution in [0.15, 0.2) is 54.6 Å². The average molecular weight is 287 g/mol. The van der Waals surface area contributed by atoms with Crippen LogP contribution in [-0.4, -0.2) is 33.4 Å². The lowest BCUT2D eigenvalue weighted by atomic mass is 10.3. The third-order valence-electron chi connectivity index (χ3n) is 2.90. The van der Waals surface area contributed by atoms with Crippen molar-refractivity contribution in [2.75, 3.05) is 33.4 Å². The molecule has 0 aliphatic rings. The Bertz CT molecular complexity index is 499. The molecule has 0 radical (unpaired) electrons. The Morgan fingerprint density at radius 1 is 0.714 bits per heavy atom. The molecule has 0 fully saturated rings. The summed E-state index contributed by atoms with van der Waals surface area (Å²) in [6.45, 7) is 2.84. The van der Waals surface area contributed by atoms with E-state index in [1.165, 1.54) is 0 Å².